The topological polar surface area (TPSA) is 64.4 Å². The highest BCUT2D eigenvalue weighted by Gasteiger charge is 2.43. The van der Waals surface area contributed by atoms with Crippen molar-refractivity contribution < 1.29 is 9.47 Å². The molecule has 2 atom stereocenters. The standard InChI is InChI=1S/C26H25N5O2S/c1-32-19-11-12-21(23(16-19)33-2)31-25(24(29-26(31)34)20-9-4-6-14-28-20)22-10-7-15-30(22)17-18-8-3-5-13-27-18/h3-16,24-25H,17H2,1-2H3,(H,29,34)/t24-,25+/m0/s1. The van der Waals surface area contributed by atoms with Crippen LogP contribution in [0, 0.1) is 0 Å². The van der Waals surface area contributed by atoms with Crippen LogP contribution in [0.15, 0.2) is 85.3 Å². The Bertz CT molecular complexity index is 1280. The number of aromatic nitrogens is 3. The fourth-order valence-electron chi connectivity index (χ4n) is 4.40. The zero-order valence-electron chi connectivity index (χ0n) is 19.0. The number of pyridine rings is 2. The molecule has 1 aliphatic rings. The zero-order chi connectivity index (χ0) is 23.5. The highest BCUT2D eigenvalue weighted by molar-refractivity contribution is 7.80. The first-order chi connectivity index (χ1) is 16.7. The Morgan fingerprint density at radius 1 is 0.941 bits per heavy atom. The maximum Gasteiger partial charge on any atom is 0.174 e. The average molecular weight is 472 g/mol. The first-order valence-corrected chi connectivity index (χ1v) is 11.4. The van der Waals surface area contributed by atoms with E-state index in [-0.39, 0.29) is 12.1 Å². The monoisotopic (exact) mass is 471 g/mol. The van der Waals surface area contributed by atoms with E-state index in [0.717, 1.165) is 28.5 Å². The van der Waals surface area contributed by atoms with Gasteiger partial charge in [0, 0.05) is 30.4 Å². The van der Waals surface area contributed by atoms with Crippen molar-refractivity contribution >= 4 is 23.0 Å². The quantitative estimate of drug-likeness (QED) is 0.398. The molecular weight excluding hydrogens is 446 g/mol. The van der Waals surface area contributed by atoms with Gasteiger partial charge in [-0.1, -0.05) is 12.1 Å². The Morgan fingerprint density at radius 3 is 2.47 bits per heavy atom. The minimum absolute atomic E-state index is 0.155. The molecule has 3 aromatic heterocycles. The van der Waals surface area contributed by atoms with Gasteiger partial charge in [-0.05, 0) is 60.7 Å². The number of hydrogen-bond donors (Lipinski definition) is 1. The second-order valence-electron chi connectivity index (χ2n) is 7.92. The summed E-state index contributed by atoms with van der Waals surface area (Å²) in [5.74, 6) is 1.40. The van der Waals surface area contributed by atoms with Crippen LogP contribution in [0.1, 0.15) is 29.2 Å². The number of hydrogen-bond acceptors (Lipinski definition) is 5. The highest BCUT2D eigenvalue weighted by atomic mass is 32.1. The van der Waals surface area contributed by atoms with E-state index in [1.165, 1.54) is 0 Å². The summed E-state index contributed by atoms with van der Waals surface area (Å²) >= 11 is 5.87. The van der Waals surface area contributed by atoms with Crippen LogP contribution < -0.4 is 19.7 Å². The van der Waals surface area contributed by atoms with Gasteiger partial charge in [-0.2, -0.15) is 0 Å². The molecule has 0 saturated carbocycles. The van der Waals surface area contributed by atoms with Crippen molar-refractivity contribution in [2.45, 2.75) is 18.6 Å². The summed E-state index contributed by atoms with van der Waals surface area (Å²) in [5.41, 5.74) is 3.84. The molecule has 0 aliphatic carbocycles. The van der Waals surface area contributed by atoms with Gasteiger partial charge in [-0.25, -0.2) is 0 Å². The molecule has 0 radical (unpaired) electrons. The molecule has 7 nitrogen and oxygen atoms in total. The maximum atomic E-state index is 5.87. The van der Waals surface area contributed by atoms with Crippen LogP contribution in [0.3, 0.4) is 0 Å². The van der Waals surface area contributed by atoms with Crippen LogP contribution in [0.25, 0.3) is 0 Å². The molecule has 0 amide bonds. The molecule has 1 saturated heterocycles. The van der Waals surface area contributed by atoms with Crippen molar-refractivity contribution in [2.24, 2.45) is 0 Å². The fraction of sp³-hybridized carbons (Fsp3) is 0.192. The van der Waals surface area contributed by atoms with E-state index in [9.17, 15) is 0 Å². The molecule has 0 bridgehead atoms. The summed E-state index contributed by atoms with van der Waals surface area (Å²) < 4.78 is 13.4. The van der Waals surface area contributed by atoms with E-state index < -0.39 is 0 Å². The molecule has 1 fully saturated rings. The third-order valence-corrected chi connectivity index (χ3v) is 6.29. The lowest BCUT2D eigenvalue weighted by Crippen LogP contribution is -2.30. The lowest BCUT2D eigenvalue weighted by atomic mass is 10.0. The number of methoxy groups -OCH3 is 2. The molecular formula is C26H25N5O2S. The normalized spacial score (nSPS) is 17.5. The SMILES string of the molecule is COc1ccc(N2C(=S)N[C@@H](c3ccccn3)[C@H]2c2cccn2Cc2ccccn2)c(OC)c1. The molecule has 1 aromatic carbocycles. The predicted molar refractivity (Wildman–Crippen MR) is 135 cm³/mol. The maximum absolute atomic E-state index is 5.87. The second kappa shape index (κ2) is 9.52. The van der Waals surface area contributed by atoms with Gasteiger partial charge in [0.25, 0.3) is 0 Å². The number of benzene rings is 1. The number of thiocarbonyl (C=S) groups is 1. The van der Waals surface area contributed by atoms with Crippen LogP contribution in [0.2, 0.25) is 0 Å². The van der Waals surface area contributed by atoms with E-state index in [4.69, 9.17) is 21.7 Å². The van der Waals surface area contributed by atoms with Crippen LogP contribution in [0.5, 0.6) is 11.5 Å². The van der Waals surface area contributed by atoms with Gasteiger partial charge < -0.3 is 24.3 Å². The van der Waals surface area contributed by atoms with Gasteiger partial charge in [0.2, 0.25) is 0 Å². The highest BCUT2D eigenvalue weighted by Crippen LogP contribution is 2.45. The van der Waals surface area contributed by atoms with Gasteiger partial charge in [0.15, 0.2) is 5.11 Å². The second-order valence-corrected chi connectivity index (χ2v) is 8.30. The predicted octanol–water partition coefficient (Wildman–Crippen LogP) is 4.52. The van der Waals surface area contributed by atoms with Crippen molar-refractivity contribution in [3.05, 3.63) is 102 Å². The molecule has 0 unspecified atom stereocenters. The largest absolute Gasteiger partial charge is 0.497 e. The molecule has 4 heterocycles. The Morgan fingerprint density at radius 2 is 1.76 bits per heavy atom. The summed E-state index contributed by atoms with van der Waals surface area (Å²) in [6.45, 7) is 0.648. The number of nitrogens with one attached hydrogen (secondary N) is 1. The summed E-state index contributed by atoms with van der Waals surface area (Å²) in [6, 6.07) is 21.5. The Kier molecular flexibility index (Phi) is 6.14. The van der Waals surface area contributed by atoms with Crippen molar-refractivity contribution in [1.29, 1.82) is 0 Å². The van der Waals surface area contributed by atoms with Crippen molar-refractivity contribution in [3.8, 4) is 11.5 Å². The van der Waals surface area contributed by atoms with Crippen LogP contribution in [-0.2, 0) is 6.54 Å². The molecule has 1 N–H and O–H groups in total. The van der Waals surface area contributed by atoms with E-state index in [2.05, 4.69) is 43.1 Å². The van der Waals surface area contributed by atoms with Gasteiger partial charge in [-0.3, -0.25) is 9.97 Å². The molecule has 4 aromatic rings. The molecule has 1 aliphatic heterocycles. The lowest BCUT2D eigenvalue weighted by Gasteiger charge is -2.30. The molecule has 8 heteroatoms. The molecule has 172 valence electrons. The van der Waals surface area contributed by atoms with Gasteiger partial charge in [-0.15, -0.1) is 0 Å². The summed E-state index contributed by atoms with van der Waals surface area (Å²) in [6.07, 6.45) is 5.70. The van der Waals surface area contributed by atoms with Crippen LogP contribution >= 0.6 is 12.2 Å². The van der Waals surface area contributed by atoms with Crippen LogP contribution in [0.4, 0.5) is 5.69 Å². The van der Waals surface area contributed by atoms with Gasteiger partial charge in [0.1, 0.15) is 17.5 Å². The summed E-state index contributed by atoms with van der Waals surface area (Å²) in [7, 11) is 3.29. The first kappa shape index (κ1) is 21.9. The number of ether oxygens (including phenoxy) is 2. The zero-order valence-corrected chi connectivity index (χ0v) is 19.8. The van der Waals surface area contributed by atoms with E-state index in [0.29, 0.717) is 17.4 Å². The van der Waals surface area contributed by atoms with Crippen molar-refractivity contribution in [3.63, 3.8) is 0 Å². The minimum atomic E-state index is -0.164. The summed E-state index contributed by atoms with van der Waals surface area (Å²) in [5, 5.41) is 4.11. The lowest BCUT2D eigenvalue weighted by molar-refractivity contribution is 0.394. The number of anilines is 1. The molecule has 34 heavy (non-hydrogen) atoms. The van der Waals surface area contributed by atoms with E-state index >= 15 is 0 Å². The third kappa shape index (κ3) is 4.08. The number of nitrogens with zero attached hydrogens (tertiary/aromatic N) is 4. The number of rotatable bonds is 7. The van der Waals surface area contributed by atoms with E-state index in [1.807, 2.05) is 60.8 Å². The first-order valence-electron chi connectivity index (χ1n) is 11.0. The van der Waals surface area contributed by atoms with Gasteiger partial charge in [0.05, 0.1) is 43.9 Å². The van der Waals surface area contributed by atoms with Crippen LogP contribution in [-0.4, -0.2) is 33.9 Å². The fourth-order valence-corrected chi connectivity index (χ4v) is 4.74. The minimum Gasteiger partial charge on any atom is -0.497 e. The Labute approximate surface area is 204 Å². The smallest absolute Gasteiger partial charge is 0.174 e. The van der Waals surface area contributed by atoms with Crippen molar-refractivity contribution in [1.82, 2.24) is 19.9 Å². The Hall–Kier alpha value is -3.91. The summed E-state index contributed by atoms with van der Waals surface area (Å²) in [4.78, 5) is 11.3. The van der Waals surface area contributed by atoms with E-state index in [1.54, 1.807) is 20.4 Å². The average Bonchev–Trinajstić information content (AvgIpc) is 3.48. The molecule has 5 rings (SSSR count). The van der Waals surface area contributed by atoms with Crippen molar-refractivity contribution in [2.75, 3.05) is 19.1 Å². The molecule has 0 spiro atoms. The third-order valence-electron chi connectivity index (χ3n) is 5.97. The Balaban J connectivity index is 1.63. The van der Waals surface area contributed by atoms with Gasteiger partial charge >= 0.3 is 0 Å².